The number of para-hydroxylation sites is 1. The van der Waals surface area contributed by atoms with E-state index in [4.69, 9.17) is 14.6 Å². The van der Waals surface area contributed by atoms with Gasteiger partial charge in [-0.1, -0.05) is 24.3 Å². The first-order valence-electron chi connectivity index (χ1n) is 8.34. The van der Waals surface area contributed by atoms with Crippen molar-refractivity contribution in [3.8, 4) is 11.5 Å². The second-order valence-electron chi connectivity index (χ2n) is 5.86. The molecule has 0 bridgehead atoms. The zero-order valence-corrected chi connectivity index (χ0v) is 16.1. The third-order valence-electron chi connectivity index (χ3n) is 3.82. The largest absolute Gasteiger partial charge is 0.493 e. The molecule has 0 spiro atoms. The number of hydrogen-bond donors (Lipinski definition) is 2. The van der Waals surface area contributed by atoms with E-state index >= 15 is 0 Å². The van der Waals surface area contributed by atoms with Gasteiger partial charge in [-0.15, -0.1) is 0 Å². The van der Waals surface area contributed by atoms with Gasteiger partial charge < -0.3 is 19.9 Å². The maximum atomic E-state index is 12.3. The third kappa shape index (κ3) is 4.72. The molecule has 1 aliphatic heterocycles. The van der Waals surface area contributed by atoms with Crippen molar-refractivity contribution in [2.24, 2.45) is 4.99 Å². The summed E-state index contributed by atoms with van der Waals surface area (Å²) in [6.45, 7) is 1.49. The number of benzene rings is 2. The van der Waals surface area contributed by atoms with Crippen LogP contribution >= 0.6 is 11.8 Å². The maximum Gasteiger partial charge on any atom is 0.341 e. The minimum atomic E-state index is -1.08. The minimum absolute atomic E-state index is 0.234. The van der Waals surface area contributed by atoms with Crippen molar-refractivity contribution in [1.82, 2.24) is 5.32 Å². The highest BCUT2D eigenvalue weighted by Gasteiger charge is 2.24. The summed E-state index contributed by atoms with van der Waals surface area (Å²) in [7, 11) is 1.46. The van der Waals surface area contributed by atoms with E-state index in [0.29, 0.717) is 27.1 Å². The van der Waals surface area contributed by atoms with Gasteiger partial charge in [-0.2, -0.15) is 0 Å². The Morgan fingerprint density at radius 1 is 1.25 bits per heavy atom. The number of methoxy groups -OCH3 is 1. The first-order valence-corrected chi connectivity index (χ1v) is 9.16. The second kappa shape index (κ2) is 8.62. The van der Waals surface area contributed by atoms with E-state index in [1.54, 1.807) is 24.3 Å². The summed E-state index contributed by atoms with van der Waals surface area (Å²) in [6, 6.07) is 12.7. The fraction of sp³-hybridized carbons (Fsp3) is 0.150. The standard InChI is InChI=1S/C20H18N2O5S/c1-12-5-3-4-6-14(12)21-20-22-19(25)17(28-20)10-13-7-8-15(16(9-13)26-2)27-11-18(23)24/h3-10H,11H2,1-2H3,(H,23,24)(H,21,22,25)/b17-10-. The molecule has 0 aliphatic carbocycles. The molecule has 2 aromatic carbocycles. The lowest BCUT2D eigenvalue weighted by atomic mass is 10.2. The van der Waals surface area contributed by atoms with Crippen LogP contribution < -0.4 is 14.8 Å². The fourth-order valence-corrected chi connectivity index (χ4v) is 3.30. The number of nitrogens with one attached hydrogen (secondary N) is 1. The number of thioether (sulfide) groups is 1. The smallest absolute Gasteiger partial charge is 0.341 e. The number of carboxylic acids is 1. The molecule has 2 aromatic rings. The number of amides is 1. The number of nitrogens with zero attached hydrogens (tertiary/aromatic N) is 1. The van der Waals surface area contributed by atoms with Crippen molar-refractivity contribution in [2.45, 2.75) is 6.92 Å². The molecule has 1 aliphatic rings. The van der Waals surface area contributed by atoms with E-state index in [9.17, 15) is 9.59 Å². The van der Waals surface area contributed by atoms with Crippen LogP contribution in [0.5, 0.6) is 11.5 Å². The van der Waals surface area contributed by atoms with Crippen LogP contribution in [-0.4, -0.2) is 35.9 Å². The lowest BCUT2D eigenvalue weighted by molar-refractivity contribution is -0.139. The van der Waals surface area contributed by atoms with Crippen molar-refractivity contribution in [1.29, 1.82) is 0 Å². The lowest BCUT2D eigenvalue weighted by Gasteiger charge is -2.09. The van der Waals surface area contributed by atoms with Gasteiger partial charge in [0.05, 0.1) is 17.7 Å². The summed E-state index contributed by atoms with van der Waals surface area (Å²) in [4.78, 5) is 27.9. The summed E-state index contributed by atoms with van der Waals surface area (Å²) in [5, 5.41) is 12.0. The Balaban J connectivity index is 1.80. The molecule has 28 heavy (non-hydrogen) atoms. The number of amidine groups is 1. The van der Waals surface area contributed by atoms with Gasteiger partial charge in [0.1, 0.15) is 0 Å². The van der Waals surface area contributed by atoms with Crippen LogP contribution in [-0.2, 0) is 9.59 Å². The Morgan fingerprint density at radius 3 is 2.75 bits per heavy atom. The zero-order valence-electron chi connectivity index (χ0n) is 15.3. The van der Waals surface area contributed by atoms with Gasteiger partial charge in [-0.05, 0) is 54.1 Å². The predicted octanol–water partition coefficient (Wildman–Crippen LogP) is 3.36. The molecule has 0 unspecified atom stereocenters. The molecule has 0 atom stereocenters. The number of hydrogen-bond acceptors (Lipinski definition) is 6. The summed E-state index contributed by atoms with van der Waals surface area (Å²) >= 11 is 1.25. The Morgan fingerprint density at radius 2 is 2.04 bits per heavy atom. The highest BCUT2D eigenvalue weighted by molar-refractivity contribution is 8.18. The lowest BCUT2D eigenvalue weighted by Crippen LogP contribution is -2.19. The Labute approximate surface area is 166 Å². The SMILES string of the molecule is COc1cc(/C=C2\SC(=Nc3ccccc3C)NC2=O)ccc1OCC(=O)O. The number of aliphatic carboxylic acids is 1. The van der Waals surface area contributed by atoms with Gasteiger partial charge in [0.15, 0.2) is 23.3 Å². The molecule has 2 N–H and O–H groups in total. The molecule has 1 saturated heterocycles. The summed E-state index contributed by atoms with van der Waals surface area (Å²) in [5.74, 6) is -0.611. The van der Waals surface area contributed by atoms with Crippen molar-refractivity contribution in [3.05, 3.63) is 58.5 Å². The molecule has 144 valence electrons. The van der Waals surface area contributed by atoms with Crippen LogP contribution in [0.25, 0.3) is 6.08 Å². The minimum Gasteiger partial charge on any atom is -0.493 e. The molecular formula is C20H18N2O5S. The average Bonchev–Trinajstić information content (AvgIpc) is 3.01. The number of aliphatic imine (C=N–C) groups is 1. The monoisotopic (exact) mass is 398 g/mol. The highest BCUT2D eigenvalue weighted by atomic mass is 32.2. The number of carbonyl (C=O) groups is 2. The van der Waals surface area contributed by atoms with Crippen LogP contribution in [0.3, 0.4) is 0 Å². The third-order valence-corrected chi connectivity index (χ3v) is 4.73. The van der Waals surface area contributed by atoms with E-state index in [1.165, 1.54) is 18.9 Å². The van der Waals surface area contributed by atoms with Crippen molar-refractivity contribution >= 4 is 40.6 Å². The van der Waals surface area contributed by atoms with Crippen LogP contribution in [0.15, 0.2) is 52.4 Å². The van der Waals surface area contributed by atoms with Gasteiger partial charge in [0.2, 0.25) is 0 Å². The average molecular weight is 398 g/mol. The van der Waals surface area contributed by atoms with E-state index in [-0.39, 0.29) is 5.91 Å². The molecule has 1 fully saturated rings. The number of ether oxygens (including phenoxy) is 2. The normalized spacial score (nSPS) is 16.3. The van der Waals surface area contributed by atoms with Gasteiger partial charge in [0, 0.05) is 0 Å². The molecule has 3 rings (SSSR count). The topological polar surface area (TPSA) is 97.2 Å². The summed E-state index contributed by atoms with van der Waals surface area (Å²) < 4.78 is 10.4. The van der Waals surface area contributed by atoms with Crippen LogP contribution in [0.1, 0.15) is 11.1 Å². The van der Waals surface area contributed by atoms with Crippen LogP contribution in [0, 0.1) is 6.92 Å². The number of carboxylic acid groups (broad SMARTS) is 1. The molecule has 7 nitrogen and oxygen atoms in total. The van der Waals surface area contributed by atoms with Gasteiger partial charge in [0.25, 0.3) is 5.91 Å². The zero-order chi connectivity index (χ0) is 20.1. The molecular weight excluding hydrogens is 380 g/mol. The van der Waals surface area contributed by atoms with Gasteiger partial charge in [-0.25, -0.2) is 9.79 Å². The van der Waals surface area contributed by atoms with Crippen molar-refractivity contribution < 1.29 is 24.2 Å². The second-order valence-corrected chi connectivity index (χ2v) is 6.89. The highest BCUT2D eigenvalue weighted by Crippen LogP contribution is 2.32. The molecule has 1 amide bonds. The quantitative estimate of drug-likeness (QED) is 0.724. The van der Waals surface area contributed by atoms with E-state index in [1.807, 2.05) is 31.2 Å². The van der Waals surface area contributed by atoms with Crippen LogP contribution in [0.2, 0.25) is 0 Å². The molecule has 8 heteroatoms. The Kier molecular flexibility index (Phi) is 6.00. The van der Waals surface area contributed by atoms with Gasteiger partial charge >= 0.3 is 5.97 Å². The number of rotatable bonds is 6. The summed E-state index contributed by atoms with van der Waals surface area (Å²) in [5.41, 5.74) is 2.53. The van der Waals surface area contributed by atoms with E-state index in [2.05, 4.69) is 10.3 Å². The van der Waals surface area contributed by atoms with Crippen molar-refractivity contribution in [3.63, 3.8) is 0 Å². The maximum absolute atomic E-state index is 12.3. The summed E-state index contributed by atoms with van der Waals surface area (Å²) in [6.07, 6.45) is 1.71. The molecule has 0 aromatic heterocycles. The van der Waals surface area contributed by atoms with E-state index in [0.717, 1.165) is 11.3 Å². The van der Waals surface area contributed by atoms with Gasteiger partial charge in [-0.3, -0.25) is 4.79 Å². The molecule has 0 saturated carbocycles. The Bertz CT molecular complexity index is 984. The molecule has 1 heterocycles. The first kappa shape index (κ1) is 19.5. The first-order chi connectivity index (χ1) is 13.5. The number of aryl methyl sites for hydroxylation is 1. The van der Waals surface area contributed by atoms with Crippen LogP contribution in [0.4, 0.5) is 5.69 Å². The number of carbonyl (C=O) groups excluding carboxylic acids is 1. The molecule has 0 radical (unpaired) electrons. The fourth-order valence-electron chi connectivity index (χ4n) is 2.46. The predicted molar refractivity (Wildman–Crippen MR) is 108 cm³/mol. The van der Waals surface area contributed by atoms with E-state index < -0.39 is 12.6 Å². The Hall–Kier alpha value is -3.26. The van der Waals surface area contributed by atoms with Crippen molar-refractivity contribution in [2.75, 3.05) is 13.7 Å².